The van der Waals surface area contributed by atoms with E-state index in [1.807, 2.05) is 0 Å². The molecule has 0 aliphatic carbocycles. The highest BCUT2D eigenvalue weighted by molar-refractivity contribution is 9.10. The molecule has 0 saturated carbocycles. The number of para-hydroxylation sites is 1. The Bertz CT molecular complexity index is 396. The second kappa shape index (κ2) is 6.04. The molecule has 3 nitrogen and oxygen atoms in total. The second-order valence-electron chi connectivity index (χ2n) is 5.15. The van der Waals surface area contributed by atoms with Crippen LogP contribution in [-0.4, -0.2) is 43.7 Å². The molecule has 1 aliphatic heterocycles. The van der Waals surface area contributed by atoms with Gasteiger partial charge in [0, 0.05) is 23.6 Å². The van der Waals surface area contributed by atoms with Crippen molar-refractivity contribution < 1.29 is 0 Å². The van der Waals surface area contributed by atoms with Gasteiger partial charge in [-0.2, -0.15) is 0 Å². The molecule has 18 heavy (non-hydrogen) atoms. The first-order valence-corrected chi connectivity index (χ1v) is 7.34. The van der Waals surface area contributed by atoms with E-state index in [-0.39, 0.29) is 0 Å². The molecule has 0 spiro atoms. The topological polar surface area (TPSA) is 32.5 Å². The Labute approximate surface area is 118 Å². The SMILES string of the molecule is CC1CCN(C)CC(CN)N1c1ccccc1Br. The van der Waals surface area contributed by atoms with Crippen LogP contribution in [0.15, 0.2) is 28.7 Å². The summed E-state index contributed by atoms with van der Waals surface area (Å²) in [5.74, 6) is 0. The fraction of sp³-hybridized carbons (Fsp3) is 0.571. The Hall–Kier alpha value is -0.580. The number of nitrogens with two attached hydrogens (primary N) is 1. The van der Waals surface area contributed by atoms with Crippen LogP contribution in [0.5, 0.6) is 0 Å². The van der Waals surface area contributed by atoms with E-state index in [4.69, 9.17) is 5.73 Å². The number of hydrogen-bond donors (Lipinski definition) is 1. The molecule has 2 N–H and O–H groups in total. The van der Waals surface area contributed by atoms with Crippen LogP contribution in [0.3, 0.4) is 0 Å². The molecule has 0 bridgehead atoms. The number of halogens is 1. The lowest BCUT2D eigenvalue weighted by Crippen LogP contribution is -2.48. The molecule has 1 aromatic rings. The lowest BCUT2D eigenvalue weighted by molar-refractivity contribution is 0.332. The van der Waals surface area contributed by atoms with E-state index in [9.17, 15) is 0 Å². The average Bonchev–Trinajstić information content (AvgIpc) is 2.50. The third-order valence-corrected chi connectivity index (χ3v) is 4.39. The Morgan fingerprint density at radius 2 is 2.11 bits per heavy atom. The summed E-state index contributed by atoms with van der Waals surface area (Å²) in [6.07, 6.45) is 1.17. The van der Waals surface area contributed by atoms with Gasteiger partial charge in [-0.15, -0.1) is 0 Å². The number of nitrogens with zero attached hydrogens (tertiary/aromatic N) is 2. The van der Waals surface area contributed by atoms with Crippen LogP contribution in [0.25, 0.3) is 0 Å². The lowest BCUT2D eigenvalue weighted by atomic mass is 10.1. The summed E-state index contributed by atoms with van der Waals surface area (Å²) in [5, 5.41) is 0. The largest absolute Gasteiger partial charge is 0.362 e. The first-order valence-electron chi connectivity index (χ1n) is 6.55. The maximum absolute atomic E-state index is 5.99. The van der Waals surface area contributed by atoms with Gasteiger partial charge in [-0.3, -0.25) is 0 Å². The lowest BCUT2D eigenvalue weighted by Gasteiger charge is -2.37. The van der Waals surface area contributed by atoms with Crippen molar-refractivity contribution >= 4 is 21.6 Å². The molecule has 2 unspecified atom stereocenters. The number of rotatable bonds is 2. The van der Waals surface area contributed by atoms with Crippen LogP contribution in [-0.2, 0) is 0 Å². The van der Waals surface area contributed by atoms with E-state index in [0.29, 0.717) is 18.6 Å². The van der Waals surface area contributed by atoms with Crippen molar-refractivity contribution in [3.63, 3.8) is 0 Å². The number of likely N-dealkylation sites (N-methyl/N-ethyl adjacent to an activating group) is 1. The molecule has 0 radical (unpaired) electrons. The predicted molar refractivity (Wildman–Crippen MR) is 81.0 cm³/mol. The van der Waals surface area contributed by atoms with Crippen molar-refractivity contribution in [2.24, 2.45) is 5.73 Å². The van der Waals surface area contributed by atoms with Crippen molar-refractivity contribution in [3.05, 3.63) is 28.7 Å². The Balaban J connectivity index is 2.34. The van der Waals surface area contributed by atoms with Crippen molar-refractivity contribution in [1.29, 1.82) is 0 Å². The monoisotopic (exact) mass is 311 g/mol. The third kappa shape index (κ3) is 2.87. The maximum Gasteiger partial charge on any atom is 0.0542 e. The van der Waals surface area contributed by atoms with E-state index in [2.05, 4.69) is 64.0 Å². The molecule has 4 heteroatoms. The standard InChI is InChI=1S/C14H22BrN3/c1-11-7-8-17(2)10-12(9-16)18(11)14-6-4-3-5-13(14)15/h3-6,11-12H,7-10,16H2,1-2H3. The van der Waals surface area contributed by atoms with E-state index in [1.165, 1.54) is 12.1 Å². The van der Waals surface area contributed by atoms with E-state index >= 15 is 0 Å². The van der Waals surface area contributed by atoms with Gasteiger partial charge in [0.05, 0.1) is 11.7 Å². The fourth-order valence-corrected chi connectivity index (χ4v) is 3.22. The minimum Gasteiger partial charge on any atom is -0.362 e. The number of anilines is 1. The minimum atomic E-state index is 0.381. The smallest absolute Gasteiger partial charge is 0.0542 e. The van der Waals surface area contributed by atoms with Gasteiger partial charge < -0.3 is 15.5 Å². The van der Waals surface area contributed by atoms with Crippen LogP contribution in [0.2, 0.25) is 0 Å². The quantitative estimate of drug-likeness (QED) is 0.909. The molecule has 1 saturated heterocycles. The Kier molecular flexibility index (Phi) is 4.65. The molecule has 0 amide bonds. The van der Waals surface area contributed by atoms with Gasteiger partial charge in [0.2, 0.25) is 0 Å². The molecule has 100 valence electrons. The highest BCUT2D eigenvalue weighted by atomic mass is 79.9. The maximum atomic E-state index is 5.99. The van der Waals surface area contributed by atoms with Crippen LogP contribution < -0.4 is 10.6 Å². The average molecular weight is 312 g/mol. The van der Waals surface area contributed by atoms with Crippen LogP contribution in [0.4, 0.5) is 5.69 Å². The molecular weight excluding hydrogens is 290 g/mol. The van der Waals surface area contributed by atoms with Crippen molar-refractivity contribution in [1.82, 2.24) is 4.90 Å². The zero-order valence-electron chi connectivity index (χ0n) is 11.1. The number of hydrogen-bond acceptors (Lipinski definition) is 3. The first kappa shape index (κ1) is 13.8. The molecule has 1 aromatic carbocycles. The molecule has 2 rings (SSSR count). The summed E-state index contributed by atoms with van der Waals surface area (Å²) >= 11 is 3.66. The van der Waals surface area contributed by atoms with E-state index in [1.54, 1.807) is 0 Å². The van der Waals surface area contributed by atoms with Crippen LogP contribution >= 0.6 is 15.9 Å². The normalized spacial score (nSPS) is 26.1. The first-order chi connectivity index (χ1) is 8.63. The summed E-state index contributed by atoms with van der Waals surface area (Å²) in [4.78, 5) is 4.86. The molecule has 0 aromatic heterocycles. The summed E-state index contributed by atoms with van der Waals surface area (Å²) in [5.41, 5.74) is 7.25. The summed E-state index contributed by atoms with van der Waals surface area (Å²) in [6, 6.07) is 9.32. The highest BCUT2D eigenvalue weighted by Crippen LogP contribution is 2.31. The molecule has 1 heterocycles. The molecule has 2 atom stereocenters. The van der Waals surface area contributed by atoms with Gasteiger partial charge in [0.25, 0.3) is 0 Å². The zero-order chi connectivity index (χ0) is 13.1. The fourth-order valence-electron chi connectivity index (χ4n) is 2.73. The second-order valence-corrected chi connectivity index (χ2v) is 6.00. The number of benzene rings is 1. The summed E-state index contributed by atoms with van der Waals surface area (Å²) in [7, 11) is 2.18. The van der Waals surface area contributed by atoms with Crippen molar-refractivity contribution in [2.45, 2.75) is 25.4 Å². The van der Waals surface area contributed by atoms with Gasteiger partial charge in [-0.05, 0) is 55.0 Å². The zero-order valence-corrected chi connectivity index (χ0v) is 12.7. The van der Waals surface area contributed by atoms with E-state index < -0.39 is 0 Å². The van der Waals surface area contributed by atoms with Gasteiger partial charge in [-0.1, -0.05) is 12.1 Å². The van der Waals surface area contributed by atoms with Gasteiger partial charge in [0.15, 0.2) is 0 Å². The Morgan fingerprint density at radius 3 is 2.78 bits per heavy atom. The summed E-state index contributed by atoms with van der Waals surface area (Å²) in [6.45, 7) is 5.15. The Morgan fingerprint density at radius 1 is 1.39 bits per heavy atom. The summed E-state index contributed by atoms with van der Waals surface area (Å²) < 4.78 is 1.15. The van der Waals surface area contributed by atoms with Crippen LogP contribution in [0, 0.1) is 0 Å². The van der Waals surface area contributed by atoms with Gasteiger partial charge in [0.1, 0.15) is 0 Å². The van der Waals surface area contributed by atoms with Crippen molar-refractivity contribution in [3.8, 4) is 0 Å². The van der Waals surface area contributed by atoms with E-state index in [0.717, 1.165) is 17.6 Å². The molecule has 1 fully saturated rings. The van der Waals surface area contributed by atoms with Gasteiger partial charge >= 0.3 is 0 Å². The third-order valence-electron chi connectivity index (χ3n) is 3.72. The molecule has 1 aliphatic rings. The van der Waals surface area contributed by atoms with Gasteiger partial charge in [-0.25, -0.2) is 0 Å². The van der Waals surface area contributed by atoms with Crippen LogP contribution in [0.1, 0.15) is 13.3 Å². The predicted octanol–water partition coefficient (Wildman–Crippen LogP) is 2.31. The minimum absolute atomic E-state index is 0.381. The van der Waals surface area contributed by atoms with Crippen molar-refractivity contribution in [2.75, 3.05) is 31.6 Å². The highest BCUT2D eigenvalue weighted by Gasteiger charge is 2.28. The molecular formula is C14H22BrN3.